The van der Waals surface area contributed by atoms with E-state index in [0.29, 0.717) is 5.56 Å². The van der Waals surface area contributed by atoms with Gasteiger partial charge < -0.3 is 20.6 Å². The number of aromatic carboxylic acids is 1. The van der Waals surface area contributed by atoms with Gasteiger partial charge in [0.05, 0.1) is 5.56 Å². The predicted octanol–water partition coefficient (Wildman–Crippen LogP) is 2.21. The van der Waals surface area contributed by atoms with Crippen molar-refractivity contribution in [2.24, 2.45) is 11.7 Å². The molecule has 0 aliphatic heterocycles. The molecule has 0 spiro atoms. The molecule has 0 aliphatic rings. The van der Waals surface area contributed by atoms with E-state index in [1.165, 1.54) is 0 Å². The second-order valence-corrected chi connectivity index (χ2v) is 7.01. The number of thioether (sulfide) groups is 1. The zero-order valence-corrected chi connectivity index (χ0v) is 13.3. The highest BCUT2D eigenvalue weighted by Crippen LogP contribution is 2.41. The maximum Gasteiger partial charge on any atom is 0.342 e. The molecule has 0 radical (unpaired) electrons. The Kier molecular flexibility index (Phi) is 8.08. The maximum atomic E-state index is 10.4. The fourth-order valence-electron chi connectivity index (χ4n) is 1.12. The van der Waals surface area contributed by atoms with E-state index in [-0.39, 0.29) is 5.92 Å². The van der Waals surface area contributed by atoms with Crippen molar-refractivity contribution in [1.82, 2.24) is 0 Å². The van der Waals surface area contributed by atoms with Crippen molar-refractivity contribution in [2.45, 2.75) is 24.5 Å². The van der Waals surface area contributed by atoms with Crippen LogP contribution in [-0.2, 0) is 4.57 Å². The number of rotatable bonds is 4. The lowest BCUT2D eigenvalue weighted by Crippen LogP contribution is -2.25. The third-order valence-corrected chi connectivity index (χ3v) is 4.53. The van der Waals surface area contributed by atoms with Gasteiger partial charge in [-0.3, -0.25) is 4.57 Å². The fourth-order valence-corrected chi connectivity index (χ4v) is 2.31. The number of hydrogen-bond acceptors (Lipinski definition) is 4. The lowest BCUT2D eigenvalue weighted by atomic mass is 10.2. The summed E-state index contributed by atoms with van der Waals surface area (Å²) in [5.41, 5.74) is 5.47. The zero-order chi connectivity index (χ0) is 15.9. The smallest absolute Gasteiger partial charge is 0.342 e. The van der Waals surface area contributed by atoms with Gasteiger partial charge in [-0.05, 0) is 36.4 Å². The molecule has 0 bridgehead atoms. The van der Waals surface area contributed by atoms with Crippen molar-refractivity contribution in [1.29, 1.82) is 0 Å². The molecule has 0 amide bonds. The SMILES string of the molecule is CC(C)[C@@H](N)P(=O)(O)O.CSc1ccc(C(=O)O)cc1. The van der Waals surface area contributed by atoms with Crippen molar-refractivity contribution in [3.05, 3.63) is 29.8 Å². The summed E-state index contributed by atoms with van der Waals surface area (Å²) in [4.78, 5) is 28.4. The summed E-state index contributed by atoms with van der Waals surface area (Å²) in [6.07, 6.45) is 1.95. The molecular weight excluding hydrogens is 301 g/mol. The molecule has 0 heterocycles. The monoisotopic (exact) mass is 321 g/mol. The van der Waals surface area contributed by atoms with E-state index in [4.69, 9.17) is 20.6 Å². The minimum atomic E-state index is -4.04. The van der Waals surface area contributed by atoms with Crippen molar-refractivity contribution in [2.75, 3.05) is 6.26 Å². The molecule has 1 rings (SSSR count). The fraction of sp³-hybridized carbons (Fsp3) is 0.417. The number of hydrogen-bond donors (Lipinski definition) is 4. The molecule has 114 valence electrons. The van der Waals surface area contributed by atoms with Crippen molar-refractivity contribution in [3.63, 3.8) is 0 Å². The van der Waals surface area contributed by atoms with Crippen LogP contribution in [0, 0.1) is 5.92 Å². The van der Waals surface area contributed by atoms with Crippen molar-refractivity contribution in [3.8, 4) is 0 Å². The first-order valence-electron chi connectivity index (χ1n) is 5.77. The zero-order valence-electron chi connectivity index (χ0n) is 11.6. The van der Waals surface area contributed by atoms with Gasteiger partial charge in [-0.2, -0.15) is 0 Å². The van der Waals surface area contributed by atoms with Crippen LogP contribution in [0.1, 0.15) is 24.2 Å². The highest BCUT2D eigenvalue weighted by molar-refractivity contribution is 7.98. The molecule has 1 aromatic rings. The van der Waals surface area contributed by atoms with Gasteiger partial charge in [-0.15, -0.1) is 11.8 Å². The van der Waals surface area contributed by atoms with Gasteiger partial charge in [0.2, 0.25) is 0 Å². The molecule has 0 unspecified atom stereocenters. The van der Waals surface area contributed by atoms with Gasteiger partial charge in [0.15, 0.2) is 0 Å². The third-order valence-electron chi connectivity index (χ3n) is 2.41. The molecule has 0 fully saturated rings. The van der Waals surface area contributed by atoms with Crippen LogP contribution >= 0.6 is 19.4 Å². The number of nitrogens with two attached hydrogens (primary N) is 1. The molecule has 0 saturated carbocycles. The van der Waals surface area contributed by atoms with Crippen molar-refractivity contribution >= 4 is 25.3 Å². The van der Waals surface area contributed by atoms with Crippen LogP contribution in [-0.4, -0.2) is 32.9 Å². The summed E-state index contributed by atoms with van der Waals surface area (Å²) < 4.78 is 10.3. The van der Waals surface area contributed by atoms with E-state index in [1.54, 1.807) is 49.9 Å². The van der Waals surface area contributed by atoms with Gasteiger partial charge >= 0.3 is 13.6 Å². The Morgan fingerprint density at radius 3 is 1.90 bits per heavy atom. The molecule has 1 aromatic carbocycles. The lowest BCUT2D eigenvalue weighted by Gasteiger charge is -2.15. The Labute approximate surface area is 122 Å². The van der Waals surface area contributed by atoms with Crippen LogP contribution in [0.15, 0.2) is 29.2 Å². The van der Waals surface area contributed by atoms with Crippen LogP contribution in [0.5, 0.6) is 0 Å². The number of carbonyl (C=O) groups is 1. The molecule has 5 N–H and O–H groups in total. The first kappa shape index (κ1) is 19.1. The normalized spacial score (nSPS) is 12.6. The quantitative estimate of drug-likeness (QED) is 0.495. The second-order valence-electron chi connectivity index (χ2n) is 4.36. The summed E-state index contributed by atoms with van der Waals surface area (Å²) in [5, 5.41) is 8.54. The van der Waals surface area contributed by atoms with Crippen LogP contribution in [0.25, 0.3) is 0 Å². The standard InChI is InChI=1S/C8H8O2S.C4H12NO3P/c1-11-7-4-2-6(3-5-7)8(9)10;1-3(2)4(5)9(6,7)8/h2-5H,1H3,(H,9,10);3-4H,5H2,1-2H3,(H2,6,7,8)/t;4-/m.0/s1. The van der Waals surface area contributed by atoms with Crippen LogP contribution < -0.4 is 5.73 Å². The minimum absolute atomic E-state index is 0.175. The molecule has 0 aromatic heterocycles. The molecule has 6 nitrogen and oxygen atoms in total. The van der Waals surface area contributed by atoms with Crippen LogP contribution in [0.2, 0.25) is 0 Å². The largest absolute Gasteiger partial charge is 0.478 e. The average molecular weight is 321 g/mol. The molecule has 0 aliphatic carbocycles. The van der Waals surface area contributed by atoms with Gasteiger partial charge in [0.25, 0.3) is 0 Å². The van der Waals surface area contributed by atoms with E-state index < -0.39 is 19.3 Å². The van der Waals surface area contributed by atoms with E-state index in [2.05, 4.69) is 0 Å². The van der Waals surface area contributed by atoms with E-state index >= 15 is 0 Å². The summed E-state index contributed by atoms with van der Waals surface area (Å²) in [5.74, 6) is -2.07. The molecule has 1 atom stereocenters. The molecule has 0 saturated heterocycles. The average Bonchev–Trinajstić information content (AvgIpc) is 2.37. The maximum absolute atomic E-state index is 10.4. The van der Waals surface area contributed by atoms with E-state index in [1.807, 2.05) is 6.26 Å². The van der Waals surface area contributed by atoms with Gasteiger partial charge in [0, 0.05) is 4.90 Å². The number of carboxylic acid groups (broad SMARTS) is 1. The Morgan fingerprint density at radius 2 is 1.70 bits per heavy atom. The number of carboxylic acids is 1. The van der Waals surface area contributed by atoms with E-state index in [0.717, 1.165) is 4.90 Å². The summed E-state index contributed by atoms with van der Waals surface area (Å²) in [6.45, 7) is 3.34. The first-order valence-corrected chi connectivity index (χ1v) is 8.68. The molecule has 8 heteroatoms. The highest BCUT2D eigenvalue weighted by atomic mass is 32.2. The highest BCUT2D eigenvalue weighted by Gasteiger charge is 2.26. The second kappa shape index (κ2) is 8.44. The third kappa shape index (κ3) is 7.07. The Hall–Kier alpha value is -0.850. The van der Waals surface area contributed by atoms with Crippen LogP contribution in [0.4, 0.5) is 0 Å². The summed E-state index contributed by atoms with van der Waals surface area (Å²) in [6, 6.07) is 6.81. The first-order chi connectivity index (χ1) is 9.09. The molecular formula is C12H20NO5PS. The van der Waals surface area contributed by atoms with Crippen molar-refractivity contribution < 1.29 is 24.3 Å². The topological polar surface area (TPSA) is 121 Å². The minimum Gasteiger partial charge on any atom is -0.478 e. The van der Waals surface area contributed by atoms with Gasteiger partial charge in [-0.25, -0.2) is 4.79 Å². The Bertz CT molecular complexity index is 471. The predicted molar refractivity (Wildman–Crippen MR) is 80.0 cm³/mol. The van der Waals surface area contributed by atoms with Gasteiger partial charge in [0.1, 0.15) is 5.78 Å². The lowest BCUT2D eigenvalue weighted by molar-refractivity contribution is 0.0696. The Morgan fingerprint density at radius 1 is 1.25 bits per heavy atom. The number of benzene rings is 1. The van der Waals surface area contributed by atoms with E-state index in [9.17, 15) is 9.36 Å². The Balaban J connectivity index is 0.000000370. The summed E-state index contributed by atoms with van der Waals surface area (Å²) in [7, 11) is -4.04. The van der Waals surface area contributed by atoms with Gasteiger partial charge in [-0.1, -0.05) is 13.8 Å². The van der Waals surface area contributed by atoms with Crippen LogP contribution in [0.3, 0.4) is 0 Å². The summed E-state index contributed by atoms with van der Waals surface area (Å²) >= 11 is 1.60. The molecule has 20 heavy (non-hydrogen) atoms.